The predicted molar refractivity (Wildman–Crippen MR) is 201 cm³/mol. The van der Waals surface area contributed by atoms with Gasteiger partial charge >= 0.3 is 5.69 Å². The summed E-state index contributed by atoms with van der Waals surface area (Å²) < 4.78 is 15.1. The Kier molecular flexibility index (Phi) is 10.3. The highest BCUT2D eigenvalue weighted by molar-refractivity contribution is 6.74. The smallest absolute Gasteiger partial charge is 0.351 e. The monoisotopic (exact) mass is 686 g/mol. The minimum Gasteiger partial charge on any atom is -0.414 e. The van der Waals surface area contributed by atoms with Crippen LogP contribution in [-0.2, 0) is 14.7 Å². The molecule has 0 saturated carbocycles. The van der Waals surface area contributed by atoms with Crippen LogP contribution in [0.5, 0.6) is 0 Å². The number of nitrogens with zero attached hydrogens (tertiary/aromatic N) is 2. The molecule has 1 aliphatic heterocycles. The van der Waals surface area contributed by atoms with E-state index >= 15 is 0 Å². The van der Waals surface area contributed by atoms with Crippen molar-refractivity contribution in [1.29, 1.82) is 0 Å². The fourth-order valence-corrected chi connectivity index (χ4v) is 7.30. The lowest BCUT2D eigenvalue weighted by atomic mass is 9.76. The molecule has 1 saturated heterocycles. The second-order valence-corrected chi connectivity index (χ2v) is 19.2. The van der Waals surface area contributed by atoms with Gasteiger partial charge in [0.05, 0.1) is 18.2 Å². The van der Waals surface area contributed by atoms with E-state index < -0.39 is 25.8 Å². The summed E-state index contributed by atoms with van der Waals surface area (Å²) in [6, 6.07) is 41.6. The van der Waals surface area contributed by atoms with Crippen molar-refractivity contribution >= 4 is 20.0 Å². The fourth-order valence-electron chi connectivity index (χ4n) is 6.29. The van der Waals surface area contributed by atoms with E-state index in [0.717, 1.165) is 16.7 Å². The summed E-state index contributed by atoms with van der Waals surface area (Å²) in [5.41, 5.74) is 2.49. The Morgan fingerprint density at radius 1 is 0.820 bits per heavy atom. The number of aromatic nitrogens is 2. The number of hydrogen-bond donors (Lipinski definition) is 2. The molecule has 258 valence electrons. The number of anilines is 1. The molecule has 1 amide bonds. The van der Waals surface area contributed by atoms with E-state index in [-0.39, 0.29) is 28.9 Å². The molecule has 0 spiro atoms. The molecular formula is C41H46N4O4Si. The molecule has 8 nitrogen and oxygen atoms in total. The van der Waals surface area contributed by atoms with Gasteiger partial charge in [0, 0.05) is 24.2 Å². The molecule has 0 unspecified atom stereocenters. The highest BCUT2D eigenvalue weighted by atomic mass is 28.4. The van der Waals surface area contributed by atoms with Gasteiger partial charge in [-0.1, -0.05) is 130 Å². The maximum atomic E-state index is 13.5. The number of carbonyl (C=O) groups is 1. The molecule has 0 aliphatic carbocycles. The van der Waals surface area contributed by atoms with Gasteiger partial charge in [-0.2, -0.15) is 4.98 Å². The molecule has 1 aliphatic rings. The van der Waals surface area contributed by atoms with Crippen molar-refractivity contribution < 1.29 is 14.0 Å². The highest BCUT2D eigenvalue weighted by Crippen LogP contribution is 2.41. The molecule has 1 fully saturated rings. The second kappa shape index (κ2) is 14.7. The van der Waals surface area contributed by atoms with Crippen LogP contribution in [0.25, 0.3) is 0 Å². The van der Waals surface area contributed by atoms with E-state index in [1.54, 1.807) is 36.5 Å². The van der Waals surface area contributed by atoms with Crippen LogP contribution in [-0.4, -0.2) is 42.5 Å². The van der Waals surface area contributed by atoms with Crippen LogP contribution in [0.2, 0.25) is 18.1 Å². The van der Waals surface area contributed by atoms with Crippen LogP contribution < -0.4 is 16.3 Å². The Bertz CT molecular complexity index is 1830. The zero-order valence-corrected chi connectivity index (χ0v) is 30.4. The summed E-state index contributed by atoms with van der Waals surface area (Å²) >= 11 is 0. The van der Waals surface area contributed by atoms with Crippen LogP contribution in [0.4, 0.5) is 5.82 Å². The van der Waals surface area contributed by atoms with Gasteiger partial charge in [0.15, 0.2) is 8.32 Å². The maximum absolute atomic E-state index is 13.5. The van der Waals surface area contributed by atoms with Crippen molar-refractivity contribution in [3.05, 3.63) is 166 Å². The molecule has 3 atom stereocenters. The number of carbonyl (C=O) groups excluding carboxylic acids is 1. The Morgan fingerprint density at radius 2 is 1.32 bits per heavy atom. The first kappa shape index (κ1) is 35.2. The Morgan fingerprint density at radius 3 is 1.80 bits per heavy atom. The van der Waals surface area contributed by atoms with Crippen LogP contribution >= 0.6 is 0 Å². The Labute approximate surface area is 295 Å². The summed E-state index contributed by atoms with van der Waals surface area (Å²) in [6.07, 6.45) is 1.14. The van der Waals surface area contributed by atoms with Crippen molar-refractivity contribution in [2.45, 2.75) is 69.2 Å². The van der Waals surface area contributed by atoms with E-state index in [2.05, 4.69) is 122 Å². The first-order chi connectivity index (χ1) is 24.0. The molecule has 2 N–H and O–H groups in total. The number of rotatable bonds is 11. The van der Waals surface area contributed by atoms with E-state index in [4.69, 9.17) is 9.16 Å². The molecule has 2 heterocycles. The van der Waals surface area contributed by atoms with Crippen molar-refractivity contribution in [2.75, 3.05) is 11.9 Å². The third-order valence-electron chi connectivity index (χ3n) is 10.1. The zero-order chi connectivity index (χ0) is 35.4. The molecule has 0 bridgehead atoms. The van der Waals surface area contributed by atoms with Gasteiger partial charge in [-0.15, -0.1) is 0 Å². The number of hydrogen-bond acceptors (Lipinski definition) is 6. The molecule has 50 heavy (non-hydrogen) atoms. The van der Waals surface area contributed by atoms with Crippen LogP contribution in [0, 0.1) is 0 Å². The number of nitrogens with one attached hydrogen (secondary N) is 2. The molecule has 4 aromatic carbocycles. The highest BCUT2D eigenvalue weighted by Gasteiger charge is 2.46. The van der Waals surface area contributed by atoms with Crippen molar-refractivity contribution in [3.63, 3.8) is 0 Å². The van der Waals surface area contributed by atoms with Crippen molar-refractivity contribution in [2.24, 2.45) is 0 Å². The number of ether oxygens (including phenoxy) is 1. The van der Waals surface area contributed by atoms with Crippen LogP contribution in [0.1, 0.15) is 60.5 Å². The van der Waals surface area contributed by atoms with Gasteiger partial charge in [-0.05, 0) is 53.0 Å². The molecule has 1 aromatic heterocycles. The summed E-state index contributed by atoms with van der Waals surface area (Å²) in [5, 5.41) is 6.85. The first-order valence-electron chi connectivity index (χ1n) is 17.2. The predicted octanol–water partition coefficient (Wildman–Crippen LogP) is 7.76. The van der Waals surface area contributed by atoms with Gasteiger partial charge < -0.3 is 14.5 Å². The average Bonchev–Trinajstić information content (AvgIpc) is 3.52. The van der Waals surface area contributed by atoms with Gasteiger partial charge in [0.25, 0.3) is 5.91 Å². The molecule has 9 heteroatoms. The fraction of sp³-hybridized carbons (Fsp3) is 0.293. The topological polar surface area (TPSA) is 94.5 Å². The quantitative estimate of drug-likeness (QED) is 0.109. The Balaban J connectivity index is 1.37. The zero-order valence-electron chi connectivity index (χ0n) is 29.4. The molecule has 0 radical (unpaired) electrons. The lowest BCUT2D eigenvalue weighted by molar-refractivity contribution is -0.0274. The van der Waals surface area contributed by atoms with E-state index in [1.807, 2.05) is 24.3 Å². The van der Waals surface area contributed by atoms with Crippen LogP contribution in [0.15, 0.2) is 138 Å². The summed E-state index contributed by atoms with van der Waals surface area (Å²) in [7, 11) is -2.14. The lowest BCUT2D eigenvalue weighted by Crippen LogP contribution is -2.54. The van der Waals surface area contributed by atoms with Gasteiger partial charge in [0.2, 0.25) is 0 Å². The minimum absolute atomic E-state index is 0.0106. The first-order valence-corrected chi connectivity index (χ1v) is 20.1. The Hall–Kier alpha value is -4.67. The number of benzene rings is 4. The molecular weight excluding hydrogens is 641 g/mol. The van der Waals surface area contributed by atoms with Crippen LogP contribution in [0.3, 0.4) is 0 Å². The average molecular weight is 687 g/mol. The largest absolute Gasteiger partial charge is 0.414 e. The van der Waals surface area contributed by atoms with Crippen molar-refractivity contribution in [1.82, 2.24) is 14.9 Å². The van der Waals surface area contributed by atoms with E-state index in [9.17, 15) is 9.59 Å². The third-order valence-corrected chi connectivity index (χ3v) is 14.6. The normalized spacial score (nSPS) is 18.1. The van der Waals surface area contributed by atoms with Gasteiger partial charge in [-0.3, -0.25) is 14.7 Å². The summed E-state index contributed by atoms with van der Waals surface area (Å²) in [4.78, 5) is 30.5. The van der Waals surface area contributed by atoms with E-state index in [0.29, 0.717) is 18.6 Å². The minimum atomic E-state index is -2.14. The lowest BCUT2D eigenvalue weighted by Gasteiger charge is -2.41. The van der Waals surface area contributed by atoms with E-state index in [1.165, 1.54) is 4.57 Å². The third kappa shape index (κ3) is 7.41. The van der Waals surface area contributed by atoms with Gasteiger partial charge in [0.1, 0.15) is 12.0 Å². The second-order valence-electron chi connectivity index (χ2n) is 14.4. The van der Waals surface area contributed by atoms with Crippen molar-refractivity contribution in [3.8, 4) is 0 Å². The SMILES string of the molecule is CC(C)(C)[Si](C)(C)OC[C@H]1O[C@@H](n2ccc(NC(=O)c3ccccc3)nc2=O)C[C@@H]1NC(c1ccccc1)(c1ccccc1)c1ccccc1. The number of amides is 1. The standard InChI is InChI=1S/C41H46N4O4Si/c1-40(2,3)50(4,5)48-29-35-34(28-37(49-35)45-27-26-36(43-39(45)47)42-38(46)30-18-10-6-11-19-30)44-41(31-20-12-7-13-21-31,32-22-14-8-15-23-32)33-24-16-9-17-25-33/h6-27,34-35,37,44H,28-29H2,1-5H3,(H,42,43,46,47)/t34-,35+,37+/m0/s1. The summed E-state index contributed by atoms with van der Waals surface area (Å²) in [6.45, 7) is 11.5. The summed E-state index contributed by atoms with van der Waals surface area (Å²) in [5.74, 6) is -0.152. The maximum Gasteiger partial charge on any atom is 0.351 e. The molecule has 6 rings (SSSR count). The van der Waals surface area contributed by atoms with Gasteiger partial charge in [-0.25, -0.2) is 4.79 Å². The molecule has 5 aromatic rings.